The van der Waals surface area contributed by atoms with Crippen LogP contribution in [0.3, 0.4) is 0 Å². The van der Waals surface area contributed by atoms with Gasteiger partial charge in [-0.2, -0.15) is 13.2 Å². The third-order valence-electron chi connectivity index (χ3n) is 3.46. The maximum Gasteiger partial charge on any atom is 0.389 e. The summed E-state index contributed by atoms with van der Waals surface area (Å²) in [7, 11) is 1.71. The second-order valence-corrected chi connectivity index (χ2v) is 4.73. The molecular formula is C15H22F3N. The van der Waals surface area contributed by atoms with Gasteiger partial charge in [-0.1, -0.05) is 32.0 Å². The molecule has 1 nitrogen and oxygen atoms in total. The summed E-state index contributed by atoms with van der Waals surface area (Å²) in [6.07, 6.45) is -2.90. The number of benzene rings is 1. The van der Waals surface area contributed by atoms with Gasteiger partial charge in [0.2, 0.25) is 0 Å². The van der Waals surface area contributed by atoms with E-state index in [-0.39, 0.29) is 12.5 Å². The molecule has 1 N–H and O–H groups in total. The maximum absolute atomic E-state index is 12.3. The normalized spacial score (nSPS) is 13.6. The number of alkyl halides is 3. The predicted molar refractivity (Wildman–Crippen MR) is 72.3 cm³/mol. The fraction of sp³-hybridized carbons (Fsp3) is 0.600. The number of aryl methyl sites for hydroxylation is 2. The molecule has 0 bridgehead atoms. The average Bonchev–Trinajstić information content (AvgIpc) is 2.37. The Kier molecular flexibility index (Phi) is 5.85. The molecule has 1 aromatic carbocycles. The summed E-state index contributed by atoms with van der Waals surface area (Å²) < 4.78 is 36.9. The number of halogens is 3. The minimum Gasteiger partial charge on any atom is -0.313 e. The van der Waals surface area contributed by atoms with Gasteiger partial charge >= 0.3 is 6.18 Å². The minimum absolute atomic E-state index is 0.0780. The van der Waals surface area contributed by atoms with E-state index in [0.29, 0.717) is 0 Å². The first-order chi connectivity index (χ1) is 8.91. The summed E-state index contributed by atoms with van der Waals surface area (Å²) in [5.74, 6) is 0. The molecule has 1 aromatic rings. The largest absolute Gasteiger partial charge is 0.389 e. The molecule has 0 spiro atoms. The zero-order valence-electron chi connectivity index (χ0n) is 11.8. The third-order valence-corrected chi connectivity index (χ3v) is 3.46. The van der Waals surface area contributed by atoms with Crippen molar-refractivity contribution in [3.63, 3.8) is 0 Å². The van der Waals surface area contributed by atoms with Gasteiger partial charge < -0.3 is 5.32 Å². The molecular weight excluding hydrogens is 251 g/mol. The molecule has 0 amide bonds. The van der Waals surface area contributed by atoms with Crippen molar-refractivity contribution in [1.29, 1.82) is 0 Å². The van der Waals surface area contributed by atoms with Crippen molar-refractivity contribution in [3.05, 3.63) is 34.9 Å². The van der Waals surface area contributed by atoms with Crippen LogP contribution in [0.1, 0.15) is 49.4 Å². The number of hydrogen-bond donors (Lipinski definition) is 1. The Morgan fingerprint density at radius 2 is 1.74 bits per heavy atom. The highest BCUT2D eigenvalue weighted by atomic mass is 19.4. The smallest absolute Gasteiger partial charge is 0.313 e. The second-order valence-electron chi connectivity index (χ2n) is 4.73. The zero-order valence-corrected chi connectivity index (χ0v) is 11.8. The Hall–Kier alpha value is -1.03. The Labute approximate surface area is 113 Å². The molecule has 0 aliphatic heterocycles. The molecule has 0 saturated carbocycles. The van der Waals surface area contributed by atoms with Crippen molar-refractivity contribution >= 4 is 0 Å². The number of nitrogens with one attached hydrogen (secondary N) is 1. The lowest BCUT2D eigenvalue weighted by Crippen LogP contribution is -2.20. The van der Waals surface area contributed by atoms with Gasteiger partial charge in [-0.25, -0.2) is 0 Å². The molecule has 0 radical (unpaired) electrons. The molecule has 1 rings (SSSR count). The van der Waals surface area contributed by atoms with E-state index in [1.807, 2.05) is 18.2 Å². The topological polar surface area (TPSA) is 12.0 Å². The number of hydrogen-bond acceptors (Lipinski definition) is 1. The van der Waals surface area contributed by atoms with Crippen LogP contribution in [0.15, 0.2) is 18.2 Å². The monoisotopic (exact) mass is 273 g/mol. The Morgan fingerprint density at radius 3 is 2.21 bits per heavy atom. The van der Waals surface area contributed by atoms with Crippen LogP contribution in [0.2, 0.25) is 0 Å². The standard InChI is InChI=1S/C15H22F3N/c1-4-11-6-7-13(10-12(11)5-2)14(19-3)8-9-15(16,17)18/h6-7,10,14,19H,4-5,8-9H2,1-3H3. The lowest BCUT2D eigenvalue weighted by Gasteiger charge is -2.19. The summed E-state index contributed by atoms with van der Waals surface area (Å²) >= 11 is 0. The van der Waals surface area contributed by atoms with Crippen molar-refractivity contribution < 1.29 is 13.2 Å². The van der Waals surface area contributed by atoms with Crippen LogP contribution in [-0.2, 0) is 12.8 Å². The molecule has 1 atom stereocenters. The van der Waals surface area contributed by atoms with E-state index in [0.717, 1.165) is 18.4 Å². The Balaban J connectivity index is 2.86. The minimum atomic E-state index is -4.09. The molecule has 0 aliphatic rings. The van der Waals surface area contributed by atoms with E-state index in [2.05, 4.69) is 19.2 Å². The second kappa shape index (κ2) is 6.94. The van der Waals surface area contributed by atoms with Crippen LogP contribution in [0, 0.1) is 0 Å². The Bertz CT molecular complexity index is 399. The first kappa shape index (κ1) is 16.0. The highest BCUT2D eigenvalue weighted by Crippen LogP contribution is 2.28. The molecule has 1 unspecified atom stereocenters. The van der Waals surface area contributed by atoms with E-state index in [9.17, 15) is 13.2 Å². The van der Waals surface area contributed by atoms with Crippen LogP contribution < -0.4 is 5.32 Å². The first-order valence-electron chi connectivity index (χ1n) is 6.77. The summed E-state index contributed by atoms with van der Waals surface area (Å²) in [5, 5.41) is 2.98. The van der Waals surface area contributed by atoms with Crippen LogP contribution in [0.25, 0.3) is 0 Å². The van der Waals surface area contributed by atoms with Gasteiger partial charge in [0, 0.05) is 12.5 Å². The van der Waals surface area contributed by atoms with Gasteiger partial charge in [-0.15, -0.1) is 0 Å². The van der Waals surface area contributed by atoms with E-state index >= 15 is 0 Å². The molecule has 0 heterocycles. The maximum atomic E-state index is 12.3. The summed E-state index contributed by atoms with van der Waals surface area (Å²) in [6, 6.07) is 5.77. The van der Waals surface area contributed by atoms with E-state index < -0.39 is 12.6 Å². The van der Waals surface area contributed by atoms with Crippen molar-refractivity contribution in [2.24, 2.45) is 0 Å². The molecule has 4 heteroatoms. The quantitative estimate of drug-likeness (QED) is 0.809. The summed E-state index contributed by atoms with van der Waals surface area (Å²) in [4.78, 5) is 0. The lowest BCUT2D eigenvalue weighted by atomic mass is 9.95. The van der Waals surface area contributed by atoms with Gasteiger partial charge in [-0.3, -0.25) is 0 Å². The highest BCUT2D eigenvalue weighted by Gasteiger charge is 2.28. The van der Waals surface area contributed by atoms with Gasteiger partial charge in [-0.05, 0) is 43.0 Å². The summed E-state index contributed by atoms with van der Waals surface area (Å²) in [6.45, 7) is 4.16. The molecule has 19 heavy (non-hydrogen) atoms. The molecule has 108 valence electrons. The average molecular weight is 273 g/mol. The van der Waals surface area contributed by atoms with Crippen molar-refractivity contribution in [1.82, 2.24) is 5.32 Å². The van der Waals surface area contributed by atoms with Crippen LogP contribution in [0.5, 0.6) is 0 Å². The molecule has 0 aliphatic carbocycles. The zero-order chi connectivity index (χ0) is 14.5. The molecule has 0 saturated heterocycles. The Morgan fingerprint density at radius 1 is 1.11 bits per heavy atom. The SMILES string of the molecule is CCc1ccc(C(CCC(F)(F)F)NC)cc1CC. The number of rotatable bonds is 6. The third kappa shape index (κ3) is 4.86. The molecule has 0 aromatic heterocycles. The van der Waals surface area contributed by atoms with Crippen molar-refractivity contribution in [3.8, 4) is 0 Å². The van der Waals surface area contributed by atoms with Crippen LogP contribution >= 0.6 is 0 Å². The highest BCUT2D eigenvalue weighted by molar-refractivity contribution is 5.33. The van der Waals surface area contributed by atoms with E-state index in [1.54, 1.807) is 7.05 Å². The van der Waals surface area contributed by atoms with Gasteiger partial charge in [0.25, 0.3) is 0 Å². The fourth-order valence-electron chi connectivity index (χ4n) is 2.32. The fourth-order valence-corrected chi connectivity index (χ4v) is 2.32. The molecule has 0 fully saturated rings. The van der Waals surface area contributed by atoms with Gasteiger partial charge in [0.05, 0.1) is 0 Å². The van der Waals surface area contributed by atoms with Crippen molar-refractivity contribution in [2.45, 2.75) is 51.7 Å². The van der Waals surface area contributed by atoms with Crippen LogP contribution in [0.4, 0.5) is 13.2 Å². The predicted octanol–water partition coefficient (Wildman–Crippen LogP) is 4.41. The summed E-state index contributed by atoms with van der Waals surface area (Å²) in [5.41, 5.74) is 3.45. The van der Waals surface area contributed by atoms with Gasteiger partial charge in [0.1, 0.15) is 0 Å². The van der Waals surface area contributed by atoms with E-state index in [1.165, 1.54) is 11.1 Å². The van der Waals surface area contributed by atoms with Crippen molar-refractivity contribution in [2.75, 3.05) is 7.05 Å². The lowest BCUT2D eigenvalue weighted by molar-refractivity contribution is -0.136. The van der Waals surface area contributed by atoms with Gasteiger partial charge in [0.15, 0.2) is 0 Å². The first-order valence-corrected chi connectivity index (χ1v) is 6.77. The van der Waals surface area contributed by atoms with E-state index in [4.69, 9.17) is 0 Å². The van der Waals surface area contributed by atoms with Crippen LogP contribution in [-0.4, -0.2) is 13.2 Å².